The summed E-state index contributed by atoms with van der Waals surface area (Å²) in [6, 6.07) is 63.1. The molecule has 2 spiro atoms. The molecule has 4 aliphatic heterocycles. The lowest BCUT2D eigenvalue weighted by Crippen LogP contribution is -2.58. The molecule has 0 bridgehead atoms. The molecule has 14 nitrogen and oxygen atoms in total. The average molecular weight is 1700 g/mol. The third kappa shape index (κ3) is 21.3. The van der Waals surface area contributed by atoms with E-state index in [-0.39, 0.29) is 121 Å². The normalized spacial score (nSPS) is 16.1. The quantitative estimate of drug-likeness (QED) is 0.0638. The first-order chi connectivity index (χ1) is 51.4. The Kier molecular flexibility index (Phi) is 32.1. The molecule has 600 valence electrons. The van der Waals surface area contributed by atoms with Gasteiger partial charge in [0.1, 0.15) is 12.8 Å². The minimum absolute atomic E-state index is 0. The highest BCUT2D eigenvalue weighted by molar-refractivity contribution is 7.59. The Morgan fingerprint density at radius 1 is 0.429 bits per heavy atom. The Balaban J connectivity index is 0.000000300. The first-order valence-corrected chi connectivity index (χ1v) is 37.4. The number of alkyl halides is 6. The van der Waals surface area contributed by atoms with Crippen LogP contribution < -0.4 is 10.6 Å². The number of piperidine rings is 2. The van der Waals surface area contributed by atoms with Crippen LogP contribution in [0.3, 0.4) is 0 Å². The van der Waals surface area contributed by atoms with Crippen molar-refractivity contribution in [3.63, 3.8) is 0 Å². The van der Waals surface area contributed by atoms with E-state index in [1.807, 2.05) is 158 Å². The standard InChI is InChI=1S/2C42H43Cl2F3N4O3.2ClH.2H2S/c2*1-49(37(53)27-42(45,46)47)28-41(32-17-18-34(43)35(44)26-32,50(2)39(54)38(29-11-5-3-6-12-29)30-13-7-4-8-14-30)21-24-51-22-19-40(20-23-51)33-16-10-9-15-31(33)25-36(52)48-40;;;;/h2*3-18,26,38H,19-25,27-28H2,1-2H3,(H,48,52);2*1H;2*1H2/t2*41-;;;;/m11..../s1. The number of nitrogens with zero attached hydrogens (tertiary/aromatic N) is 6. The van der Waals surface area contributed by atoms with E-state index in [2.05, 4.69) is 32.6 Å². The topological polar surface area (TPSA) is 146 Å². The van der Waals surface area contributed by atoms with Gasteiger partial charge in [0.15, 0.2) is 0 Å². The number of benzene rings is 8. The number of hydrogen-bond acceptors (Lipinski definition) is 8. The molecule has 2 saturated heterocycles. The Bertz CT molecular complexity index is 4170. The highest BCUT2D eigenvalue weighted by atomic mass is 35.5. The second kappa shape index (κ2) is 39.2. The minimum Gasteiger partial charge on any atom is -0.346 e. The summed E-state index contributed by atoms with van der Waals surface area (Å²) in [5.41, 5.74) is 4.57. The number of halogens is 12. The van der Waals surface area contributed by atoms with Gasteiger partial charge in [-0.05, 0) is 118 Å². The summed E-state index contributed by atoms with van der Waals surface area (Å²) in [5, 5.41) is 7.50. The van der Waals surface area contributed by atoms with Crippen molar-refractivity contribution in [3.8, 4) is 0 Å². The molecule has 0 aromatic heterocycles. The van der Waals surface area contributed by atoms with Gasteiger partial charge in [0.2, 0.25) is 35.4 Å². The van der Waals surface area contributed by atoms with Crippen LogP contribution >= 0.6 is 98.2 Å². The summed E-state index contributed by atoms with van der Waals surface area (Å²) in [4.78, 5) is 92.0. The summed E-state index contributed by atoms with van der Waals surface area (Å²) in [5.74, 6) is -4.42. The van der Waals surface area contributed by atoms with Gasteiger partial charge in [-0.1, -0.05) is 228 Å². The van der Waals surface area contributed by atoms with E-state index in [9.17, 15) is 45.5 Å². The van der Waals surface area contributed by atoms with E-state index in [0.717, 1.165) is 54.3 Å². The van der Waals surface area contributed by atoms with Crippen LogP contribution in [0.15, 0.2) is 206 Å². The molecule has 2 atom stereocenters. The van der Waals surface area contributed by atoms with Crippen molar-refractivity contribution in [3.05, 3.63) is 282 Å². The Hall–Kier alpha value is -7.48. The number of carbonyl (C=O) groups excluding carboxylic acids is 6. The Morgan fingerprint density at radius 3 is 1.00 bits per heavy atom. The monoisotopic (exact) mass is 1700 g/mol. The third-order valence-electron chi connectivity index (χ3n) is 22.1. The lowest BCUT2D eigenvalue weighted by Gasteiger charge is -2.49. The van der Waals surface area contributed by atoms with Gasteiger partial charge in [-0.15, -0.1) is 24.8 Å². The highest BCUT2D eigenvalue weighted by Crippen LogP contribution is 2.46. The molecule has 2 N–H and O–H groups in total. The summed E-state index contributed by atoms with van der Waals surface area (Å²) >= 11 is 26.0. The van der Waals surface area contributed by atoms with Crippen LogP contribution in [-0.2, 0) is 63.8 Å². The molecule has 4 aliphatic rings. The van der Waals surface area contributed by atoms with Gasteiger partial charge in [0.05, 0.1) is 66.9 Å². The maximum atomic E-state index is 15.1. The van der Waals surface area contributed by atoms with Crippen LogP contribution in [0, 0.1) is 0 Å². The zero-order valence-corrected chi connectivity index (χ0v) is 68.9. The van der Waals surface area contributed by atoms with E-state index in [1.54, 1.807) is 60.3 Å². The number of amides is 6. The van der Waals surface area contributed by atoms with E-state index < -0.39 is 71.0 Å². The second-order valence-corrected chi connectivity index (χ2v) is 30.4. The molecule has 12 rings (SSSR count). The number of nitrogens with one attached hydrogen (secondary N) is 2. The summed E-state index contributed by atoms with van der Waals surface area (Å²) in [6.07, 6.45) is -8.97. The van der Waals surface area contributed by atoms with Crippen LogP contribution in [0.25, 0.3) is 0 Å². The number of likely N-dealkylation sites (tertiary alicyclic amines) is 2. The van der Waals surface area contributed by atoms with Gasteiger partial charge in [-0.2, -0.15) is 53.3 Å². The summed E-state index contributed by atoms with van der Waals surface area (Å²) in [6.45, 7) is 2.80. The lowest BCUT2D eigenvalue weighted by molar-refractivity contribution is -0.164. The smallest absolute Gasteiger partial charge is 0.346 e. The predicted octanol–water partition coefficient (Wildman–Crippen LogP) is 17.0. The number of fused-ring (bicyclic) bond motifs is 4. The number of carbonyl (C=O) groups is 6. The fourth-order valence-corrected chi connectivity index (χ4v) is 16.8. The first-order valence-electron chi connectivity index (χ1n) is 35.9. The second-order valence-electron chi connectivity index (χ2n) is 28.8. The van der Waals surface area contributed by atoms with E-state index in [0.29, 0.717) is 88.9 Å². The average Bonchev–Trinajstić information content (AvgIpc) is 0.769. The van der Waals surface area contributed by atoms with Crippen LogP contribution in [0.5, 0.6) is 0 Å². The Labute approximate surface area is 696 Å². The molecule has 0 aliphatic carbocycles. The predicted molar refractivity (Wildman–Crippen MR) is 444 cm³/mol. The van der Waals surface area contributed by atoms with Crippen LogP contribution in [0.1, 0.15) is 119 Å². The molecule has 0 radical (unpaired) electrons. The van der Waals surface area contributed by atoms with Crippen molar-refractivity contribution >= 4 is 134 Å². The van der Waals surface area contributed by atoms with Crippen molar-refractivity contribution in [2.45, 2.75) is 111 Å². The van der Waals surface area contributed by atoms with Gasteiger partial charge in [0, 0.05) is 80.5 Å². The Morgan fingerprint density at radius 2 is 0.714 bits per heavy atom. The zero-order valence-electron chi connectivity index (χ0n) is 62.2. The van der Waals surface area contributed by atoms with Crippen molar-refractivity contribution in [2.24, 2.45) is 0 Å². The lowest BCUT2D eigenvalue weighted by atomic mass is 9.75. The first kappa shape index (κ1) is 91.7. The van der Waals surface area contributed by atoms with Gasteiger partial charge in [-0.3, -0.25) is 28.8 Å². The highest BCUT2D eigenvalue weighted by Gasteiger charge is 2.50. The zero-order chi connectivity index (χ0) is 77.3. The SMILES string of the molecule is CN(C[C@](CCN1CCC2(CC1)NC(=O)Cc1ccccc12)(c1ccc(Cl)c(Cl)c1)N(C)C(=O)C(c1ccccc1)c1ccccc1)C(=O)CC(F)(F)F.CN(C[C@](CCN1CCC2(CC1)NC(=O)Cc1ccccc12)(c1ccc(Cl)c(Cl)c1)N(C)C(=O)C(c1ccccc1)c1ccccc1)C(=O)CC(F)(F)F.Cl.Cl.S.S. The molecule has 8 aromatic carbocycles. The van der Waals surface area contributed by atoms with Crippen molar-refractivity contribution in [1.29, 1.82) is 0 Å². The van der Waals surface area contributed by atoms with Crippen LogP contribution in [-0.4, -0.2) is 158 Å². The van der Waals surface area contributed by atoms with Gasteiger partial charge in [0.25, 0.3) is 0 Å². The number of hydrogen-bond donors (Lipinski definition) is 2. The van der Waals surface area contributed by atoms with Gasteiger partial charge >= 0.3 is 12.4 Å². The molecule has 4 heterocycles. The van der Waals surface area contributed by atoms with E-state index in [4.69, 9.17) is 46.4 Å². The summed E-state index contributed by atoms with van der Waals surface area (Å²) < 4.78 is 81.4. The van der Waals surface area contributed by atoms with Crippen molar-refractivity contribution in [1.82, 2.24) is 40.0 Å². The summed E-state index contributed by atoms with van der Waals surface area (Å²) in [7, 11) is 5.95. The minimum atomic E-state index is -4.72. The van der Waals surface area contributed by atoms with Crippen LogP contribution in [0.4, 0.5) is 26.3 Å². The van der Waals surface area contributed by atoms with Crippen LogP contribution in [0.2, 0.25) is 20.1 Å². The maximum absolute atomic E-state index is 15.1. The van der Waals surface area contributed by atoms with Gasteiger partial charge < -0.3 is 40.0 Å². The molecule has 8 aromatic rings. The van der Waals surface area contributed by atoms with Crippen molar-refractivity contribution < 1.29 is 55.1 Å². The number of rotatable bonds is 22. The molecular weight excluding hydrogens is 1610 g/mol. The number of likely N-dealkylation sites (N-methyl/N-ethyl adjacent to an activating group) is 4. The molecule has 112 heavy (non-hydrogen) atoms. The third-order valence-corrected chi connectivity index (χ3v) is 23.5. The van der Waals surface area contributed by atoms with Gasteiger partial charge in [-0.25, -0.2) is 0 Å². The molecule has 0 unspecified atom stereocenters. The van der Waals surface area contributed by atoms with E-state index >= 15 is 9.59 Å². The molecular formula is C84H92Cl6F6N8O6S2. The maximum Gasteiger partial charge on any atom is 0.397 e. The van der Waals surface area contributed by atoms with Crippen molar-refractivity contribution in [2.75, 3.05) is 80.5 Å². The molecule has 6 amide bonds. The fourth-order valence-electron chi connectivity index (χ4n) is 16.2. The largest absolute Gasteiger partial charge is 0.397 e. The molecule has 28 heteroatoms. The molecule has 2 fully saturated rings. The fraction of sp³-hybridized carbons (Fsp3) is 0.357. The molecule has 0 saturated carbocycles. The van der Waals surface area contributed by atoms with E-state index in [1.165, 1.54) is 14.1 Å².